The minimum Gasteiger partial charge on any atom is -0.481 e. The maximum atomic E-state index is 5.03. The molecule has 3 rings (SSSR count). The molecule has 0 saturated carbocycles. The average Bonchev–Trinajstić information content (AvgIpc) is 2.96. The number of fused-ring (bicyclic) bond motifs is 1. The molecule has 0 fully saturated rings. The van der Waals surface area contributed by atoms with Crippen molar-refractivity contribution in [3.05, 3.63) is 17.5 Å². The molecule has 3 aromatic rings. The fourth-order valence-electron chi connectivity index (χ4n) is 1.38. The van der Waals surface area contributed by atoms with Crippen molar-refractivity contribution in [2.75, 3.05) is 7.11 Å². The smallest absolute Gasteiger partial charge is 0.215 e. The number of aromatic nitrogens is 5. The molecule has 80 valence electrons. The number of rotatable bonds is 2. The van der Waals surface area contributed by atoms with Gasteiger partial charge >= 0.3 is 0 Å². The molecule has 0 aliphatic heterocycles. The number of nitrogens with zero attached hydrogens (tertiary/aromatic N) is 4. The van der Waals surface area contributed by atoms with Crippen LogP contribution in [0.4, 0.5) is 0 Å². The Bertz CT molecular complexity index is 618. The van der Waals surface area contributed by atoms with E-state index in [1.165, 1.54) is 11.5 Å². The van der Waals surface area contributed by atoms with E-state index in [1.54, 1.807) is 13.2 Å². The molecular formula is C9H7N5OS. The zero-order valence-electron chi connectivity index (χ0n) is 8.34. The van der Waals surface area contributed by atoms with Crippen molar-refractivity contribution in [1.29, 1.82) is 0 Å². The minimum absolute atomic E-state index is 0.543. The number of pyridine rings is 1. The van der Waals surface area contributed by atoms with E-state index < -0.39 is 0 Å². The van der Waals surface area contributed by atoms with E-state index in [4.69, 9.17) is 4.74 Å². The number of ether oxygens (including phenoxy) is 1. The van der Waals surface area contributed by atoms with Gasteiger partial charge in [0.15, 0.2) is 11.5 Å². The maximum Gasteiger partial charge on any atom is 0.215 e. The lowest BCUT2D eigenvalue weighted by Gasteiger charge is -1.95. The Morgan fingerprint density at radius 3 is 3.00 bits per heavy atom. The third-order valence-electron chi connectivity index (χ3n) is 2.13. The highest BCUT2D eigenvalue weighted by molar-refractivity contribution is 7.03. The van der Waals surface area contributed by atoms with E-state index in [-0.39, 0.29) is 0 Å². The summed E-state index contributed by atoms with van der Waals surface area (Å²) in [6, 6.07) is 3.65. The van der Waals surface area contributed by atoms with Gasteiger partial charge in [0.1, 0.15) is 5.69 Å². The number of nitrogens with one attached hydrogen (secondary N) is 1. The molecule has 16 heavy (non-hydrogen) atoms. The average molecular weight is 233 g/mol. The molecular weight excluding hydrogens is 226 g/mol. The predicted octanol–water partition coefficient (Wildman–Crippen LogP) is 1.48. The van der Waals surface area contributed by atoms with Gasteiger partial charge in [-0.25, -0.2) is 4.98 Å². The van der Waals surface area contributed by atoms with Crippen molar-refractivity contribution < 1.29 is 4.74 Å². The normalized spacial score (nSPS) is 10.8. The van der Waals surface area contributed by atoms with Gasteiger partial charge in [0, 0.05) is 11.4 Å². The van der Waals surface area contributed by atoms with Gasteiger partial charge in [-0.2, -0.15) is 4.98 Å². The quantitative estimate of drug-likeness (QED) is 0.725. The van der Waals surface area contributed by atoms with Gasteiger partial charge in [-0.1, -0.05) is 4.49 Å². The fraction of sp³-hybridized carbons (Fsp3) is 0.111. The van der Waals surface area contributed by atoms with E-state index in [2.05, 4.69) is 24.5 Å². The first-order valence-electron chi connectivity index (χ1n) is 4.55. The number of aromatic amines is 1. The number of H-pyrrole nitrogens is 1. The summed E-state index contributed by atoms with van der Waals surface area (Å²) in [6.45, 7) is 0. The fourth-order valence-corrected chi connectivity index (χ4v) is 1.82. The standard InChI is InChI=1S/C9H7N5OS/c1-15-7-3-2-5-8(11-7)12-9(10-5)6-4-16-14-13-6/h2-4H,1H3,(H,10,11,12). The lowest BCUT2D eigenvalue weighted by molar-refractivity contribution is 0.399. The number of imidazole rings is 1. The highest BCUT2D eigenvalue weighted by atomic mass is 32.1. The molecule has 7 heteroatoms. The SMILES string of the molecule is COc1ccc2[nH]c(-c3csnn3)nc2n1. The lowest BCUT2D eigenvalue weighted by Crippen LogP contribution is -1.86. The van der Waals surface area contributed by atoms with Crippen LogP contribution in [0.2, 0.25) is 0 Å². The number of methoxy groups -OCH3 is 1. The number of hydrogen-bond donors (Lipinski definition) is 1. The monoisotopic (exact) mass is 233 g/mol. The van der Waals surface area contributed by atoms with Crippen LogP contribution in [0.15, 0.2) is 17.5 Å². The van der Waals surface area contributed by atoms with Crippen molar-refractivity contribution in [2.45, 2.75) is 0 Å². The molecule has 3 aromatic heterocycles. The van der Waals surface area contributed by atoms with Crippen LogP contribution in [0.1, 0.15) is 0 Å². The molecule has 3 heterocycles. The summed E-state index contributed by atoms with van der Waals surface area (Å²) >= 11 is 1.29. The van der Waals surface area contributed by atoms with Gasteiger partial charge < -0.3 is 9.72 Å². The van der Waals surface area contributed by atoms with Crippen LogP contribution < -0.4 is 4.74 Å². The number of hydrogen-bond acceptors (Lipinski definition) is 6. The zero-order valence-corrected chi connectivity index (χ0v) is 9.15. The Morgan fingerprint density at radius 1 is 1.31 bits per heavy atom. The first kappa shape index (κ1) is 9.22. The second kappa shape index (κ2) is 3.53. The summed E-state index contributed by atoms with van der Waals surface area (Å²) in [7, 11) is 1.58. The Balaban J connectivity index is 2.16. The molecule has 0 radical (unpaired) electrons. The summed E-state index contributed by atoms with van der Waals surface area (Å²) in [5.41, 5.74) is 2.19. The summed E-state index contributed by atoms with van der Waals surface area (Å²) in [6.07, 6.45) is 0. The van der Waals surface area contributed by atoms with Crippen LogP contribution >= 0.6 is 11.5 Å². The van der Waals surface area contributed by atoms with Crippen LogP contribution in [-0.2, 0) is 0 Å². The van der Waals surface area contributed by atoms with Crippen LogP contribution in [0.5, 0.6) is 5.88 Å². The molecule has 0 amide bonds. The minimum atomic E-state index is 0.543. The van der Waals surface area contributed by atoms with Crippen LogP contribution in [0, 0.1) is 0 Å². The lowest BCUT2D eigenvalue weighted by atomic mass is 10.4. The molecule has 6 nitrogen and oxygen atoms in total. The third kappa shape index (κ3) is 1.41. The van der Waals surface area contributed by atoms with Gasteiger partial charge in [-0.05, 0) is 17.6 Å². The molecule has 1 N–H and O–H groups in total. The zero-order chi connectivity index (χ0) is 11.0. The van der Waals surface area contributed by atoms with Gasteiger partial charge in [0.25, 0.3) is 0 Å². The van der Waals surface area contributed by atoms with Crippen LogP contribution in [0.25, 0.3) is 22.7 Å². The highest BCUT2D eigenvalue weighted by Gasteiger charge is 2.09. The van der Waals surface area contributed by atoms with Crippen molar-refractivity contribution in [2.24, 2.45) is 0 Å². The van der Waals surface area contributed by atoms with Gasteiger partial charge in [0.2, 0.25) is 5.88 Å². The topological polar surface area (TPSA) is 76.6 Å². The van der Waals surface area contributed by atoms with Gasteiger partial charge in [0.05, 0.1) is 12.6 Å². The van der Waals surface area contributed by atoms with E-state index >= 15 is 0 Å². The molecule has 0 saturated heterocycles. The Kier molecular flexibility index (Phi) is 2.03. The summed E-state index contributed by atoms with van der Waals surface area (Å²) in [4.78, 5) is 11.7. The first-order chi connectivity index (χ1) is 7.86. The van der Waals surface area contributed by atoms with Crippen molar-refractivity contribution in [3.63, 3.8) is 0 Å². The third-order valence-corrected chi connectivity index (χ3v) is 2.64. The Morgan fingerprint density at radius 2 is 2.25 bits per heavy atom. The summed E-state index contributed by atoms with van der Waals surface area (Å²) in [5.74, 6) is 1.21. The molecule has 0 aliphatic rings. The van der Waals surface area contributed by atoms with Crippen molar-refractivity contribution >= 4 is 22.7 Å². The summed E-state index contributed by atoms with van der Waals surface area (Å²) in [5, 5.41) is 5.77. The van der Waals surface area contributed by atoms with Crippen molar-refractivity contribution in [3.8, 4) is 17.4 Å². The molecule has 0 spiro atoms. The summed E-state index contributed by atoms with van der Waals surface area (Å²) < 4.78 is 8.82. The molecule has 0 unspecified atom stereocenters. The Hall–Kier alpha value is -2.02. The first-order valence-corrected chi connectivity index (χ1v) is 5.38. The second-order valence-electron chi connectivity index (χ2n) is 3.10. The van der Waals surface area contributed by atoms with Crippen molar-refractivity contribution in [1.82, 2.24) is 24.5 Å². The van der Waals surface area contributed by atoms with Crippen LogP contribution in [0.3, 0.4) is 0 Å². The van der Waals surface area contributed by atoms with Crippen LogP contribution in [-0.4, -0.2) is 31.6 Å². The van der Waals surface area contributed by atoms with E-state index in [9.17, 15) is 0 Å². The van der Waals surface area contributed by atoms with Gasteiger partial charge in [-0.3, -0.25) is 0 Å². The largest absolute Gasteiger partial charge is 0.481 e. The highest BCUT2D eigenvalue weighted by Crippen LogP contribution is 2.19. The molecule has 0 aromatic carbocycles. The van der Waals surface area contributed by atoms with Gasteiger partial charge in [-0.15, -0.1) is 5.10 Å². The predicted molar refractivity (Wildman–Crippen MR) is 59.3 cm³/mol. The second-order valence-corrected chi connectivity index (χ2v) is 3.71. The maximum absolute atomic E-state index is 5.03. The van der Waals surface area contributed by atoms with E-state index in [1.807, 2.05) is 11.4 Å². The van der Waals surface area contributed by atoms with E-state index in [0.29, 0.717) is 17.4 Å². The Labute approximate surface area is 94.5 Å². The van der Waals surface area contributed by atoms with E-state index in [0.717, 1.165) is 11.2 Å². The molecule has 0 aliphatic carbocycles. The molecule has 0 bridgehead atoms. The molecule has 0 atom stereocenters.